The number of amides is 1. The second kappa shape index (κ2) is 7.78. The second-order valence-electron chi connectivity index (χ2n) is 8.58. The lowest BCUT2D eigenvalue weighted by atomic mass is 10.1. The summed E-state index contributed by atoms with van der Waals surface area (Å²) in [6.45, 7) is 7.30. The highest BCUT2D eigenvalue weighted by Gasteiger charge is 2.30. The van der Waals surface area contributed by atoms with Gasteiger partial charge in [0, 0.05) is 76.4 Å². The van der Waals surface area contributed by atoms with Gasteiger partial charge < -0.3 is 14.7 Å². The summed E-state index contributed by atoms with van der Waals surface area (Å²) in [6.07, 6.45) is 5.89. The molecule has 0 aliphatic carbocycles. The van der Waals surface area contributed by atoms with Crippen LogP contribution in [0.1, 0.15) is 25.7 Å². The van der Waals surface area contributed by atoms with Crippen molar-refractivity contribution in [3.63, 3.8) is 0 Å². The Morgan fingerprint density at radius 1 is 1.00 bits per heavy atom. The second-order valence-corrected chi connectivity index (χ2v) is 8.58. The molecule has 7 heteroatoms. The van der Waals surface area contributed by atoms with Crippen LogP contribution in [0.4, 0.5) is 11.5 Å². The molecule has 1 amide bonds. The Morgan fingerprint density at radius 3 is 2.52 bits per heavy atom. The number of aromatic nitrogens is 2. The molecule has 0 radical (unpaired) electrons. The van der Waals surface area contributed by atoms with Crippen LogP contribution in [-0.2, 0) is 4.79 Å². The molecule has 4 heterocycles. The van der Waals surface area contributed by atoms with E-state index in [-0.39, 0.29) is 0 Å². The van der Waals surface area contributed by atoms with Crippen molar-refractivity contribution in [2.24, 2.45) is 0 Å². The summed E-state index contributed by atoms with van der Waals surface area (Å²) in [6, 6.07) is 7.00. The van der Waals surface area contributed by atoms with Gasteiger partial charge in [0.1, 0.15) is 12.1 Å². The molecular weight excluding hydrogens is 364 g/mol. The molecule has 0 bridgehead atoms. The molecule has 1 atom stereocenters. The van der Waals surface area contributed by atoms with E-state index in [1.54, 1.807) is 6.33 Å². The molecule has 3 fully saturated rings. The Morgan fingerprint density at radius 2 is 1.79 bits per heavy atom. The maximum atomic E-state index is 11.8. The molecule has 1 aromatic carbocycles. The predicted molar refractivity (Wildman–Crippen MR) is 115 cm³/mol. The zero-order chi connectivity index (χ0) is 19.8. The number of benzene rings is 1. The number of fused-ring (bicyclic) bond motifs is 1. The molecule has 2 aromatic rings. The quantitative estimate of drug-likeness (QED) is 0.790. The van der Waals surface area contributed by atoms with E-state index < -0.39 is 0 Å². The number of carbonyl (C=O) groups excluding carboxylic acids is 1. The standard InChI is InChI=1S/C22H30N6O/c1-25-18(5-7-21(25)29)15-26-10-12-27(13-11-26)17-4-6-20-19(14-17)22(24-16-23-20)28-8-2-3-9-28/h4,6,14,16,18H,2-3,5,7-13,15H2,1H3. The lowest BCUT2D eigenvalue weighted by Crippen LogP contribution is -2.50. The van der Waals surface area contributed by atoms with Crippen LogP contribution in [0.5, 0.6) is 0 Å². The summed E-state index contributed by atoms with van der Waals surface area (Å²) >= 11 is 0. The summed E-state index contributed by atoms with van der Waals surface area (Å²) in [5.41, 5.74) is 2.29. The van der Waals surface area contributed by atoms with Crippen LogP contribution in [-0.4, -0.2) is 84.6 Å². The first kappa shape index (κ1) is 18.6. The molecule has 3 aliphatic rings. The molecule has 3 aliphatic heterocycles. The fraction of sp³-hybridized carbons (Fsp3) is 0.591. The summed E-state index contributed by atoms with van der Waals surface area (Å²) in [5.74, 6) is 1.38. The Bertz CT molecular complexity index is 888. The predicted octanol–water partition coefficient (Wildman–Crippen LogP) is 1.97. The summed E-state index contributed by atoms with van der Waals surface area (Å²) in [7, 11) is 1.95. The van der Waals surface area contributed by atoms with Crippen LogP contribution < -0.4 is 9.80 Å². The summed E-state index contributed by atoms with van der Waals surface area (Å²) in [5, 5.41) is 1.17. The largest absolute Gasteiger partial charge is 0.369 e. The van der Waals surface area contributed by atoms with Gasteiger partial charge in [0.25, 0.3) is 0 Å². The fourth-order valence-electron chi connectivity index (χ4n) is 4.97. The van der Waals surface area contributed by atoms with Gasteiger partial charge in [-0.05, 0) is 37.5 Å². The van der Waals surface area contributed by atoms with Gasteiger partial charge >= 0.3 is 0 Å². The van der Waals surface area contributed by atoms with Gasteiger partial charge in [-0.15, -0.1) is 0 Å². The molecule has 7 nitrogen and oxygen atoms in total. The summed E-state index contributed by atoms with van der Waals surface area (Å²) < 4.78 is 0. The van der Waals surface area contributed by atoms with Crippen LogP contribution in [0.3, 0.4) is 0 Å². The van der Waals surface area contributed by atoms with Crippen molar-refractivity contribution in [3.8, 4) is 0 Å². The molecule has 5 rings (SSSR count). The number of rotatable bonds is 4. The van der Waals surface area contributed by atoms with E-state index in [1.165, 1.54) is 23.9 Å². The van der Waals surface area contributed by atoms with Gasteiger partial charge in [-0.2, -0.15) is 0 Å². The Balaban J connectivity index is 1.28. The third-order valence-corrected chi connectivity index (χ3v) is 6.84. The first-order chi connectivity index (χ1) is 14.2. The minimum atomic E-state index is 0.292. The third kappa shape index (κ3) is 3.64. The van der Waals surface area contributed by atoms with Gasteiger partial charge in [0.05, 0.1) is 5.52 Å². The molecule has 0 N–H and O–H groups in total. The molecule has 154 valence electrons. The minimum absolute atomic E-state index is 0.292. The average molecular weight is 395 g/mol. The van der Waals surface area contributed by atoms with Gasteiger partial charge in [0.2, 0.25) is 5.91 Å². The van der Waals surface area contributed by atoms with Crippen LogP contribution in [0.2, 0.25) is 0 Å². The topological polar surface area (TPSA) is 55.8 Å². The monoisotopic (exact) mass is 394 g/mol. The minimum Gasteiger partial charge on any atom is -0.369 e. The maximum Gasteiger partial charge on any atom is 0.222 e. The lowest BCUT2D eigenvalue weighted by Gasteiger charge is -2.38. The Labute approximate surface area is 172 Å². The third-order valence-electron chi connectivity index (χ3n) is 6.84. The first-order valence-corrected chi connectivity index (χ1v) is 10.9. The normalized spacial score (nSPS) is 23.6. The van der Waals surface area contributed by atoms with Crippen molar-refractivity contribution in [2.45, 2.75) is 31.7 Å². The number of nitrogens with zero attached hydrogens (tertiary/aromatic N) is 6. The van der Waals surface area contributed by atoms with Crippen molar-refractivity contribution in [3.05, 3.63) is 24.5 Å². The zero-order valence-corrected chi connectivity index (χ0v) is 17.3. The summed E-state index contributed by atoms with van der Waals surface area (Å²) in [4.78, 5) is 30.2. The van der Waals surface area contributed by atoms with Crippen LogP contribution in [0.15, 0.2) is 24.5 Å². The molecule has 1 aromatic heterocycles. The van der Waals surface area contributed by atoms with Gasteiger partial charge in [-0.1, -0.05) is 0 Å². The first-order valence-electron chi connectivity index (χ1n) is 10.9. The van der Waals surface area contributed by atoms with Crippen LogP contribution in [0.25, 0.3) is 10.9 Å². The van der Waals surface area contributed by atoms with Crippen molar-refractivity contribution >= 4 is 28.3 Å². The van der Waals surface area contributed by atoms with Crippen LogP contribution in [0, 0.1) is 0 Å². The number of anilines is 2. The number of piperazine rings is 1. The molecule has 0 saturated carbocycles. The Kier molecular flexibility index (Phi) is 4.99. The molecule has 29 heavy (non-hydrogen) atoms. The average Bonchev–Trinajstić information content (AvgIpc) is 3.40. The molecule has 0 spiro atoms. The van der Waals surface area contributed by atoms with E-state index in [9.17, 15) is 4.79 Å². The Hall–Kier alpha value is -2.41. The van der Waals surface area contributed by atoms with Crippen molar-refractivity contribution < 1.29 is 4.79 Å². The van der Waals surface area contributed by atoms with E-state index >= 15 is 0 Å². The number of carbonyl (C=O) groups is 1. The maximum absolute atomic E-state index is 11.8. The van der Waals surface area contributed by atoms with E-state index in [4.69, 9.17) is 0 Å². The number of hydrogen-bond acceptors (Lipinski definition) is 6. The SMILES string of the molecule is CN1C(=O)CCC1CN1CCN(c2ccc3ncnc(N4CCCC4)c3c2)CC1. The van der Waals surface area contributed by atoms with E-state index in [1.807, 2.05) is 11.9 Å². The zero-order valence-electron chi connectivity index (χ0n) is 17.3. The smallest absolute Gasteiger partial charge is 0.222 e. The van der Waals surface area contributed by atoms with Gasteiger partial charge in [-0.3, -0.25) is 9.69 Å². The highest BCUT2D eigenvalue weighted by molar-refractivity contribution is 5.92. The van der Waals surface area contributed by atoms with E-state index in [2.05, 4.69) is 42.9 Å². The lowest BCUT2D eigenvalue weighted by molar-refractivity contribution is -0.127. The van der Waals surface area contributed by atoms with Crippen molar-refractivity contribution in [1.82, 2.24) is 19.8 Å². The fourth-order valence-corrected chi connectivity index (χ4v) is 4.97. The number of likely N-dealkylation sites (N-methyl/N-ethyl adjacent to an activating group) is 1. The van der Waals surface area contributed by atoms with E-state index in [0.717, 1.165) is 63.6 Å². The van der Waals surface area contributed by atoms with Crippen molar-refractivity contribution in [1.29, 1.82) is 0 Å². The number of likely N-dealkylation sites (tertiary alicyclic amines) is 1. The van der Waals surface area contributed by atoms with Gasteiger partial charge in [0.15, 0.2) is 0 Å². The van der Waals surface area contributed by atoms with Crippen LogP contribution >= 0.6 is 0 Å². The van der Waals surface area contributed by atoms with E-state index in [0.29, 0.717) is 18.4 Å². The van der Waals surface area contributed by atoms with Gasteiger partial charge in [-0.25, -0.2) is 9.97 Å². The molecule has 3 saturated heterocycles. The highest BCUT2D eigenvalue weighted by atomic mass is 16.2. The molecule has 1 unspecified atom stereocenters. The number of hydrogen-bond donors (Lipinski definition) is 0. The molecular formula is C22H30N6O. The van der Waals surface area contributed by atoms with Crippen molar-refractivity contribution in [2.75, 3.05) is 62.7 Å². The highest BCUT2D eigenvalue weighted by Crippen LogP contribution is 2.30.